The van der Waals surface area contributed by atoms with Gasteiger partial charge >= 0.3 is 0 Å². The van der Waals surface area contributed by atoms with E-state index in [1.807, 2.05) is 16.5 Å². The second-order valence-corrected chi connectivity index (χ2v) is 6.48. The lowest BCUT2D eigenvalue weighted by atomic mass is 9.83. The molecule has 116 valence electrons. The van der Waals surface area contributed by atoms with Gasteiger partial charge in [0.15, 0.2) is 0 Å². The third kappa shape index (κ3) is 2.95. The molecule has 3 unspecified atom stereocenters. The Labute approximate surface area is 125 Å². The second kappa shape index (κ2) is 6.13. The number of hydrogen-bond acceptors (Lipinski definition) is 4. The highest BCUT2D eigenvalue weighted by molar-refractivity contribution is 5.79. The van der Waals surface area contributed by atoms with E-state index in [0.29, 0.717) is 5.92 Å². The molecule has 1 aromatic heterocycles. The zero-order valence-electron chi connectivity index (χ0n) is 12.7. The van der Waals surface area contributed by atoms with Crippen LogP contribution in [0.25, 0.3) is 0 Å². The molecule has 1 amide bonds. The van der Waals surface area contributed by atoms with Crippen molar-refractivity contribution >= 4 is 5.91 Å². The van der Waals surface area contributed by atoms with Crippen LogP contribution in [0.5, 0.6) is 0 Å². The Balaban J connectivity index is 1.68. The maximum absolute atomic E-state index is 12.8. The molecule has 0 aromatic carbocycles. The van der Waals surface area contributed by atoms with Crippen molar-refractivity contribution in [1.82, 2.24) is 19.7 Å². The summed E-state index contributed by atoms with van der Waals surface area (Å²) < 4.78 is 1.96. The van der Waals surface area contributed by atoms with Gasteiger partial charge in [-0.1, -0.05) is 12.8 Å². The number of carbonyl (C=O) groups excluding carboxylic acids is 1. The highest BCUT2D eigenvalue weighted by Crippen LogP contribution is 2.29. The first kappa shape index (κ1) is 14.5. The van der Waals surface area contributed by atoms with Crippen molar-refractivity contribution in [3.8, 4) is 0 Å². The van der Waals surface area contributed by atoms with Gasteiger partial charge in [-0.2, -0.15) is 0 Å². The van der Waals surface area contributed by atoms with Gasteiger partial charge in [0.25, 0.3) is 0 Å². The van der Waals surface area contributed by atoms with Gasteiger partial charge in [0.2, 0.25) is 5.91 Å². The molecule has 1 aliphatic carbocycles. The summed E-state index contributed by atoms with van der Waals surface area (Å²) in [7, 11) is 1.97. The van der Waals surface area contributed by atoms with Gasteiger partial charge in [0.05, 0.1) is 5.92 Å². The van der Waals surface area contributed by atoms with Crippen molar-refractivity contribution in [2.24, 2.45) is 18.7 Å². The van der Waals surface area contributed by atoms with E-state index in [1.165, 1.54) is 0 Å². The average molecular weight is 291 g/mol. The van der Waals surface area contributed by atoms with Gasteiger partial charge in [-0.25, -0.2) is 0 Å². The summed E-state index contributed by atoms with van der Waals surface area (Å²) in [5, 5.41) is 8.17. The Bertz CT molecular complexity index is 500. The molecule has 1 aliphatic heterocycles. The first-order valence-electron chi connectivity index (χ1n) is 8.05. The van der Waals surface area contributed by atoms with Gasteiger partial charge < -0.3 is 15.2 Å². The molecular weight excluding hydrogens is 266 g/mol. The Morgan fingerprint density at radius 2 is 2.10 bits per heavy atom. The van der Waals surface area contributed by atoms with E-state index in [1.54, 1.807) is 6.33 Å². The molecule has 1 aromatic rings. The van der Waals surface area contributed by atoms with Crippen LogP contribution in [0.2, 0.25) is 0 Å². The van der Waals surface area contributed by atoms with Gasteiger partial charge in [-0.3, -0.25) is 4.79 Å². The Kier molecular flexibility index (Phi) is 4.24. The lowest BCUT2D eigenvalue weighted by Crippen LogP contribution is -2.48. The summed E-state index contributed by atoms with van der Waals surface area (Å²) in [6, 6.07) is 0.0430. The monoisotopic (exact) mass is 291 g/mol. The summed E-state index contributed by atoms with van der Waals surface area (Å²) in [6.45, 7) is 1.62. The number of amides is 1. The van der Waals surface area contributed by atoms with Crippen LogP contribution in [0, 0.1) is 5.92 Å². The van der Waals surface area contributed by atoms with Crippen LogP contribution in [0.1, 0.15) is 50.3 Å². The van der Waals surface area contributed by atoms with Crippen LogP contribution in [0.3, 0.4) is 0 Å². The van der Waals surface area contributed by atoms with Crippen molar-refractivity contribution in [1.29, 1.82) is 0 Å². The Morgan fingerprint density at radius 1 is 1.29 bits per heavy atom. The average Bonchev–Trinajstić information content (AvgIpc) is 2.93. The molecule has 6 nitrogen and oxygen atoms in total. The predicted molar refractivity (Wildman–Crippen MR) is 79.5 cm³/mol. The van der Waals surface area contributed by atoms with Crippen LogP contribution < -0.4 is 5.73 Å². The van der Waals surface area contributed by atoms with Crippen molar-refractivity contribution in [2.45, 2.75) is 50.5 Å². The molecule has 21 heavy (non-hydrogen) atoms. The van der Waals surface area contributed by atoms with E-state index in [0.717, 1.165) is 57.4 Å². The summed E-state index contributed by atoms with van der Waals surface area (Å²) in [5.74, 6) is 1.57. The third-order valence-electron chi connectivity index (χ3n) is 4.98. The predicted octanol–water partition coefficient (Wildman–Crippen LogP) is 1.04. The topological polar surface area (TPSA) is 77.0 Å². The maximum atomic E-state index is 12.8. The third-order valence-corrected chi connectivity index (χ3v) is 4.98. The zero-order valence-corrected chi connectivity index (χ0v) is 12.7. The number of likely N-dealkylation sites (tertiary alicyclic amines) is 1. The minimum absolute atomic E-state index is 0.0250. The number of aryl methyl sites for hydroxylation is 1. The van der Waals surface area contributed by atoms with E-state index >= 15 is 0 Å². The van der Waals surface area contributed by atoms with E-state index in [2.05, 4.69) is 10.2 Å². The Morgan fingerprint density at radius 3 is 2.81 bits per heavy atom. The second-order valence-electron chi connectivity index (χ2n) is 6.48. The van der Waals surface area contributed by atoms with Crippen LogP contribution >= 0.6 is 0 Å². The van der Waals surface area contributed by atoms with Gasteiger partial charge in [0, 0.05) is 32.1 Å². The molecule has 6 heteroatoms. The molecule has 2 N–H and O–H groups in total. The molecule has 2 fully saturated rings. The lowest BCUT2D eigenvalue weighted by molar-refractivity contribution is -0.138. The number of hydrogen-bond donors (Lipinski definition) is 1. The number of nitrogens with zero attached hydrogens (tertiary/aromatic N) is 4. The fraction of sp³-hybridized carbons (Fsp3) is 0.800. The number of carbonyl (C=O) groups is 1. The Hall–Kier alpha value is -1.43. The minimum atomic E-state index is 0.0250. The first-order valence-corrected chi connectivity index (χ1v) is 8.05. The molecule has 2 aliphatic rings. The molecular formula is C15H25N5O. The largest absolute Gasteiger partial charge is 0.342 e. The maximum Gasteiger partial charge on any atom is 0.227 e. The summed E-state index contributed by atoms with van der Waals surface area (Å²) >= 11 is 0. The molecule has 0 radical (unpaired) electrons. The number of aromatic nitrogens is 3. The van der Waals surface area contributed by atoms with Gasteiger partial charge in [0.1, 0.15) is 12.2 Å². The van der Waals surface area contributed by atoms with Crippen molar-refractivity contribution in [2.75, 3.05) is 13.1 Å². The van der Waals surface area contributed by atoms with Crippen LogP contribution in [-0.4, -0.2) is 44.7 Å². The molecule has 0 bridgehead atoms. The molecule has 0 spiro atoms. The normalized spacial score (nSPS) is 30.4. The molecule has 3 rings (SSSR count). The van der Waals surface area contributed by atoms with Crippen LogP contribution in [-0.2, 0) is 11.8 Å². The summed E-state index contributed by atoms with van der Waals surface area (Å²) in [6.07, 6.45) is 8.06. The van der Waals surface area contributed by atoms with Crippen LogP contribution in [0.15, 0.2) is 6.33 Å². The highest BCUT2D eigenvalue weighted by Gasteiger charge is 2.34. The smallest absolute Gasteiger partial charge is 0.227 e. The summed E-state index contributed by atoms with van der Waals surface area (Å²) in [5.41, 5.74) is 6.17. The van der Waals surface area contributed by atoms with E-state index < -0.39 is 0 Å². The van der Waals surface area contributed by atoms with E-state index in [9.17, 15) is 4.79 Å². The standard InChI is InChI=1S/C15H25N5O/c1-19-10-17-18-14(19)11-5-4-8-20(9-11)15(21)12-6-2-3-7-13(12)16/h10-13H,2-9,16H2,1H3. The highest BCUT2D eigenvalue weighted by atomic mass is 16.2. The fourth-order valence-electron chi connectivity index (χ4n) is 3.75. The van der Waals surface area contributed by atoms with Crippen molar-refractivity contribution in [3.05, 3.63) is 12.2 Å². The minimum Gasteiger partial charge on any atom is -0.342 e. The quantitative estimate of drug-likeness (QED) is 0.883. The molecule has 3 atom stereocenters. The van der Waals surface area contributed by atoms with Crippen molar-refractivity contribution < 1.29 is 4.79 Å². The van der Waals surface area contributed by atoms with E-state index in [-0.39, 0.29) is 17.9 Å². The van der Waals surface area contributed by atoms with E-state index in [4.69, 9.17) is 5.73 Å². The first-order chi connectivity index (χ1) is 10.2. The van der Waals surface area contributed by atoms with Crippen molar-refractivity contribution in [3.63, 3.8) is 0 Å². The fourth-order valence-corrected chi connectivity index (χ4v) is 3.75. The zero-order chi connectivity index (χ0) is 14.8. The lowest BCUT2D eigenvalue weighted by Gasteiger charge is -2.37. The molecule has 2 heterocycles. The number of rotatable bonds is 2. The molecule has 1 saturated carbocycles. The van der Waals surface area contributed by atoms with Crippen LogP contribution in [0.4, 0.5) is 0 Å². The van der Waals surface area contributed by atoms with Gasteiger partial charge in [-0.15, -0.1) is 10.2 Å². The van der Waals surface area contributed by atoms with Gasteiger partial charge in [-0.05, 0) is 25.7 Å². The molecule has 1 saturated heterocycles. The summed E-state index contributed by atoms with van der Waals surface area (Å²) in [4.78, 5) is 14.8. The number of piperidine rings is 1. The SMILES string of the molecule is Cn1cnnc1C1CCCN(C(=O)C2CCCCC2N)C1. The number of nitrogens with two attached hydrogens (primary N) is 1.